The summed E-state index contributed by atoms with van der Waals surface area (Å²) in [5, 5.41) is 3.67. The topological polar surface area (TPSA) is 47.4 Å². The molecule has 0 radical (unpaired) electrons. The van der Waals surface area contributed by atoms with Gasteiger partial charge in [0, 0.05) is 51.1 Å². The molecule has 0 amide bonds. The molecule has 0 unspecified atom stereocenters. The average Bonchev–Trinajstić information content (AvgIpc) is 3.40. The van der Waals surface area contributed by atoms with Gasteiger partial charge in [-0.25, -0.2) is 9.37 Å². The number of ether oxygens (including phenoxy) is 1. The van der Waals surface area contributed by atoms with Crippen molar-refractivity contribution in [2.24, 2.45) is 0 Å². The first-order valence-corrected chi connectivity index (χ1v) is 16.1. The van der Waals surface area contributed by atoms with Crippen LogP contribution in [0.1, 0.15) is 60.9 Å². The first kappa shape index (κ1) is 28.8. The Morgan fingerprint density at radius 1 is 0.867 bits per heavy atom. The molecular weight excluding hydrogens is 556 g/mol. The Balaban J connectivity index is 1.49. The van der Waals surface area contributed by atoms with Gasteiger partial charge in [0.1, 0.15) is 24.6 Å². The number of aryl methyl sites for hydroxylation is 1. The molecule has 0 atom stereocenters. The molecule has 4 aromatic rings. The molecule has 45 heavy (non-hydrogen) atoms. The summed E-state index contributed by atoms with van der Waals surface area (Å²) in [5.41, 5.74) is 9.53. The number of carbonyl (C=O) groups is 1. The SMILES string of the molecule is CCn1c2ccccc2c2cc(/C=C3\CCCc4c3oc3cc(=[N+](CC)CC)ccc-3c4-c3ccccc3C(=O)OC)ccc21. The number of esters is 1. The predicted octanol–water partition coefficient (Wildman–Crippen LogP) is 8.65. The van der Waals surface area contributed by atoms with Gasteiger partial charge in [-0.2, -0.15) is 0 Å². The Morgan fingerprint density at radius 3 is 2.44 bits per heavy atom. The van der Waals surface area contributed by atoms with Gasteiger partial charge in [-0.1, -0.05) is 42.5 Å². The molecule has 0 N–H and O–H groups in total. The van der Waals surface area contributed by atoms with Crippen LogP contribution in [0.4, 0.5) is 0 Å². The van der Waals surface area contributed by atoms with Crippen LogP contribution in [0.2, 0.25) is 0 Å². The third-order valence-corrected chi connectivity index (χ3v) is 9.37. The molecule has 3 aliphatic rings. The number of nitrogens with zero attached hydrogens (tertiary/aromatic N) is 2. The van der Waals surface area contributed by atoms with Gasteiger partial charge in [0.25, 0.3) is 0 Å². The lowest BCUT2D eigenvalue weighted by atomic mass is 9.82. The maximum absolute atomic E-state index is 13.0. The zero-order valence-electron chi connectivity index (χ0n) is 26.5. The molecule has 0 fully saturated rings. The average molecular weight is 596 g/mol. The first-order chi connectivity index (χ1) is 22.1. The van der Waals surface area contributed by atoms with Crippen molar-refractivity contribution < 1.29 is 13.9 Å². The van der Waals surface area contributed by atoms with Crippen molar-refractivity contribution in [1.82, 2.24) is 9.14 Å². The fourth-order valence-corrected chi connectivity index (χ4v) is 7.24. The van der Waals surface area contributed by atoms with Crippen molar-refractivity contribution in [2.75, 3.05) is 20.2 Å². The van der Waals surface area contributed by atoms with Gasteiger partial charge in [0.05, 0.1) is 18.7 Å². The molecule has 1 aliphatic heterocycles. The van der Waals surface area contributed by atoms with E-state index in [0.29, 0.717) is 5.56 Å². The van der Waals surface area contributed by atoms with Gasteiger partial charge >= 0.3 is 5.97 Å². The van der Waals surface area contributed by atoms with Crippen molar-refractivity contribution in [3.63, 3.8) is 0 Å². The van der Waals surface area contributed by atoms with E-state index < -0.39 is 0 Å². The highest BCUT2D eigenvalue weighted by Gasteiger charge is 2.29. The van der Waals surface area contributed by atoms with Crippen molar-refractivity contribution >= 4 is 39.4 Å². The van der Waals surface area contributed by atoms with Crippen LogP contribution in [0, 0.1) is 0 Å². The first-order valence-electron chi connectivity index (χ1n) is 16.1. The van der Waals surface area contributed by atoms with Gasteiger partial charge in [0.15, 0.2) is 0 Å². The second-order valence-electron chi connectivity index (χ2n) is 11.7. The summed E-state index contributed by atoms with van der Waals surface area (Å²) < 4.78 is 16.8. The van der Waals surface area contributed by atoms with Crippen LogP contribution in [0.5, 0.6) is 0 Å². The van der Waals surface area contributed by atoms with Crippen LogP contribution < -0.4 is 9.93 Å². The molecular formula is C40H39N2O3+. The van der Waals surface area contributed by atoms with E-state index in [2.05, 4.69) is 96.7 Å². The summed E-state index contributed by atoms with van der Waals surface area (Å²) in [6.07, 6.45) is 5.10. The Labute approximate surface area is 264 Å². The molecule has 3 aromatic carbocycles. The van der Waals surface area contributed by atoms with E-state index in [-0.39, 0.29) is 5.97 Å². The van der Waals surface area contributed by atoms with Gasteiger partial charge in [-0.15, -0.1) is 0 Å². The number of carbonyl (C=O) groups excluding carboxylic acids is 1. The second-order valence-corrected chi connectivity index (χ2v) is 11.7. The summed E-state index contributed by atoms with van der Waals surface area (Å²) in [6, 6.07) is 29.7. The summed E-state index contributed by atoms with van der Waals surface area (Å²) >= 11 is 0. The molecule has 2 heterocycles. The minimum Gasteiger partial charge on any atom is -0.465 e. The fourth-order valence-electron chi connectivity index (χ4n) is 7.24. The van der Waals surface area contributed by atoms with Gasteiger partial charge in [-0.3, -0.25) is 0 Å². The van der Waals surface area contributed by atoms with E-state index in [9.17, 15) is 4.79 Å². The number of benzene rings is 4. The molecule has 0 spiro atoms. The molecule has 7 rings (SSSR count). The minimum atomic E-state index is -0.334. The number of rotatable bonds is 6. The normalized spacial score (nSPS) is 13.9. The van der Waals surface area contributed by atoms with E-state index in [1.807, 2.05) is 24.3 Å². The van der Waals surface area contributed by atoms with E-state index >= 15 is 0 Å². The van der Waals surface area contributed by atoms with Gasteiger partial charge in [0.2, 0.25) is 5.36 Å². The zero-order valence-corrected chi connectivity index (χ0v) is 26.5. The minimum absolute atomic E-state index is 0.334. The summed E-state index contributed by atoms with van der Waals surface area (Å²) in [5.74, 6) is 1.40. The van der Waals surface area contributed by atoms with E-state index in [4.69, 9.17) is 9.15 Å². The molecule has 5 nitrogen and oxygen atoms in total. The number of allylic oxidation sites excluding steroid dienone is 1. The van der Waals surface area contributed by atoms with Crippen LogP contribution in [-0.2, 0) is 17.7 Å². The molecule has 0 bridgehead atoms. The molecule has 0 saturated carbocycles. The Bertz CT molecular complexity index is 2150. The lowest BCUT2D eigenvalue weighted by Gasteiger charge is -2.25. The monoisotopic (exact) mass is 595 g/mol. The Morgan fingerprint density at radius 2 is 1.64 bits per heavy atom. The van der Waals surface area contributed by atoms with Gasteiger partial charge < -0.3 is 13.7 Å². The summed E-state index contributed by atoms with van der Waals surface area (Å²) in [7, 11) is 1.44. The number of hydrogen-bond acceptors (Lipinski definition) is 3. The molecule has 0 saturated heterocycles. The number of aromatic nitrogens is 1. The second kappa shape index (κ2) is 11.9. The molecule has 2 aliphatic carbocycles. The number of methoxy groups -OCH3 is 1. The zero-order chi connectivity index (χ0) is 31.1. The highest BCUT2D eigenvalue weighted by atomic mass is 16.5. The molecule has 5 heteroatoms. The number of para-hydroxylation sites is 1. The summed E-state index contributed by atoms with van der Waals surface area (Å²) in [4.78, 5) is 13.0. The Kier molecular flexibility index (Phi) is 7.62. The molecule has 1 aromatic heterocycles. The van der Waals surface area contributed by atoms with Gasteiger partial charge in [-0.05, 0) is 93.1 Å². The predicted molar refractivity (Wildman–Crippen MR) is 184 cm³/mol. The number of fused-ring (bicyclic) bond motifs is 5. The van der Waals surface area contributed by atoms with Crippen LogP contribution in [-0.4, -0.2) is 30.7 Å². The highest BCUT2D eigenvalue weighted by Crippen LogP contribution is 2.45. The molecule has 226 valence electrons. The Hall–Kier alpha value is -4.90. The number of hydrogen-bond donors (Lipinski definition) is 0. The third kappa shape index (κ3) is 4.87. The van der Waals surface area contributed by atoms with Crippen LogP contribution >= 0.6 is 0 Å². The van der Waals surface area contributed by atoms with E-state index in [0.717, 1.165) is 83.6 Å². The quantitative estimate of drug-likeness (QED) is 0.143. The fraction of sp³-hybridized carbons (Fsp3) is 0.250. The third-order valence-electron chi connectivity index (χ3n) is 9.37. The smallest absolute Gasteiger partial charge is 0.338 e. The van der Waals surface area contributed by atoms with Crippen molar-refractivity contribution in [1.29, 1.82) is 0 Å². The van der Waals surface area contributed by atoms with Crippen LogP contribution in [0.15, 0.2) is 89.3 Å². The lowest BCUT2D eigenvalue weighted by Crippen LogP contribution is -2.29. The van der Waals surface area contributed by atoms with E-state index in [1.54, 1.807) is 0 Å². The van der Waals surface area contributed by atoms with Crippen LogP contribution in [0.25, 0.3) is 55.9 Å². The maximum atomic E-state index is 13.0. The highest BCUT2D eigenvalue weighted by molar-refractivity contribution is 6.09. The summed E-state index contributed by atoms with van der Waals surface area (Å²) in [6.45, 7) is 9.29. The van der Waals surface area contributed by atoms with Crippen molar-refractivity contribution in [2.45, 2.75) is 46.6 Å². The van der Waals surface area contributed by atoms with Crippen LogP contribution in [0.3, 0.4) is 0 Å². The maximum Gasteiger partial charge on any atom is 0.338 e. The lowest BCUT2D eigenvalue weighted by molar-refractivity contribution is 0.0601. The standard InChI is InChI=1S/C40H39N2O3/c1-5-41(6-2)28-20-21-32-37(25-28)45-39-27(13-12-17-33(39)38(32)30-15-8-9-16-31(30)40(43)44-4)23-26-19-22-36-34(24-26)29-14-10-11-18-35(29)42(36)7-3/h8-11,14-16,18-25H,5-7,12-13,17H2,1-4H3/q+1. The van der Waals surface area contributed by atoms with E-state index in [1.165, 1.54) is 34.5 Å². The largest absolute Gasteiger partial charge is 0.465 e. The van der Waals surface area contributed by atoms with Crippen molar-refractivity contribution in [3.05, 3.63) is 113 Å². The van der Waals surface area contributed by atoms with Crippen molar-refractivity contribution in [3.8, 4) is 22.5 Å².